The molecule has 0 aromatic heterocycles. The summed E-state index contributed by atoms with van der Waals surface area (Å²) in [5, 5.41) is 21.9. The lowest BCUT2D eigenvalue weighted by molar-refractivity contribution is 0.289. The van der Waals surface area contributed by atoms with Crippen molar-refractivity contribution in [2.75, 3.05) is 0 Å². The predicted molar refractivity (Wildman–Crippen MR) is 74.8 cm³/mol. The van der Waals surface area contributed by atoms with Gasteiger partial charge in [-0.1, -0.05) is 36.4 Å². The highest BCUT2D eigenvalue weighted by Crippen LogP contribution is 2.29. The number of benzene rings is 3. The average molecular weight is 258 g/mol. The van der Waals surface area contributed by atoms with Crippen LogP contribution < -0.4 is 4.65 Å². The maximum atomic E-state index is 8.91. The van der Waals surface area contributed by atoms with Gasteiger partial charge in [0.25, 0.3) is 0 Å². The Balaban J connectivity index is 0.00000133. The first-order chi connectivity index (χ1) is 8.74. The van der Waals surface area contributed by atoms with E-state index in [0.717, 1.165) is 21.5 Å². The molecule has 0 spiro atoms. The van der Waals surface area contributed by atoms with Crippen LogP contribution >= 0.6 is 0 Å². The average Bonchev–Trinajstić information content (AvgIpc) is 2.36. The lowest BCUT2D eigenvalue weighted by atomic mass is 10.0. The zero-order chi connectivity index (χ0) is 12.5. The summed E-state index contributed by atoms with van der Waals surface area (Å²) in [7, 11) is -1.80. The van der Waals surface area contributed by atoms with Crippen molar-refractivity contribution in [1.29, 1.82) is 0 Å². The fraction of sp³-hybridized carbons (Fsp3) is 0. The molecular weight excluding hydrogens is 246 g/mol. The molecule has 0 saturated carbocycles. The third kappa shape index (κ3) is 2.52. The van der Waals surface area contributed by atoms with Gasteiger partial charge >= 0.3 is 7.32 Å². The van der Waals surface area contributed by atoms with Crippen LogP contribution in [0.2, 0.25) is 0 Å². The Morgan fingerprint density at radius 3 is 2.11 bits per heavy atom. The Labute approximate surface area is 109 Å². The summed E-state index contributed by atoms with van der Waals surface area (Å²) in [6, 6.07) is 17.6. The van der Waals surface area contributed by atoms with E-state index in [1.54, 1.807) is 6.07 Å². The Kier molecular flexibility index (Phi) is 3.69. The van der Waals surface area contributed by atoms with Gasteiger partial charge in [0, 0.05) is 5.39 Å². The molecule has 0 aliphatic carbocycles. The molecule has 0 amide bonds. The lowest BCUT2D eigenvalue weighted by Crippen LogP contribution is -2.20. The predicted octanol–water partition coefficient (Wildman–Crippen LogP) is 2.49. The Morgan fingerprint density at radius 2 is 1.42 bits per heavy atom. The Hall–Kier alpha value is -2.11. The van der Waals surface area contributed by atoms with Gasteiger partial charge in [-0.2, -0.15) is 0 Å². The molecule has 0 bridgehead atoms. The molecule has 3 aromatic rings. The molecule has 2 N–H and O–H groups in total. The molecule has 19 heavy (non-hydrogen) atoms. The summed E-state index contributed by atoms with van der Waals surface area (Å²) < 4.78 is 4.99. The number of hydrogen-bond acceptors (Lipinski definition) is 3. The molecule has 0 heterocycles. The summed E-state index contributed by atoms with van der Waals surface area (Å²) in [4.78, 5) is 0. The minimum absolute atomic E-state index is 0. The monoisotopic (exact) mass is 258 g/mol. The van der Waals surface area contributed by atoms with Crippen molar-refractivity contribution in [2.45, 2.75) is 0 Å². The molecule has 0 radical (unpaired) electrons. The third-order valence-electron chi connectivity index (χ3n) is 2.94. The van der Waals surface area contributed by atoms with Gasteiger partial charge in [-0.25, -0.2) is 0 Å². The van der Waals surface area contributed by atoms with E-state index in [9.17, 15) is 0 Å². The first kappa shape index (κ1) is 13.3. The molecule has 0 saturated heterocycles. The van der Waals surface area contributed by atoms with Crippen LogP contribution in [0.1, 0.15) is 0 Å². The fourth-order valence-electron chi connectivity index (χ4n) is 2.15. The zero-order valence-electron chi connectivity index (χ0n) is 9.98. The quantitative estimate of drug-likeness (QED) is 0.548. The van der Waals surface area contributed by atoms with E-state index in [2.05, 4.69) is 6.07 Å². The largest absolute Gasteiger partial charge is 0.707 e. The molecule has 96 valence electrons. The van der Waals surface area contributed by atoms with Crippen molar-refractivity contribution in [3.05, 3.63) is 54.6 Å². The molecule has 0 aliphatic rings. The van der Waals surface area contributed by atoms with Crippen molar-refractivity contribution in [2.24, 2.45) is 0 Å². The van der Waals surface area contributed by atoms with Crippen LogP contribution in [0, 0.1) is 0 Å². The minimum Gasteiger partial charge on any atom is -0.512 e. The summed E-state index contributed by atoms with van der Waals surface area (Å²) in [6.07, 6.45) is 0. The summed E-state index contributed by atoms with van der Waals surface area (Å²) in [6.45, 7) is 0. The second-order valence-corrected chi connectivity index (χ2v) is 4.12. The SMILES string of the molecule is F.OB(O)Oc1cccc2cc3ccccc3cc12. The van der Waals surface area contributed by atoms with Crippen LogP contribution in [0.15, 0.2) is 54.6 Å². The Bertz CT molecular complexity index is 715. The number of halogens is 1. The lowest BCUT2D eigenvalue weighted by Gasteiger charge is -2.09. The molecule has 3 nitrogen and oxygen atoms in total. The van der Waals surface area contributed by atoms with Crippen molar-refractivity contribution in [3.8, 4) is 5.75 Å². The van der Waals surface area contributed by atoms with E-state index in [0.29, 0.717) is 5.75 Å². The minimum atomic E-state index is -1.80. The second-order valence-electron chi connectivity index (χ2n) is 4.12. The first-order valence-electron chi connectivity index (χ1n) is 5.68. The number of hydrogen-bond donors (Lipinski definition) is 2. The van der Waals surface area contributed by atoms with Crippen LogP contribution in [0.5, 0.6) is 5.75 Å². The Morgan fingerprint density at radius 1 is 0.789 bits per heavy atom. The fourth-order valence-corrected chi connectivity index (χ4v) is 2.15. The molecule has 5 heteroatoms. The highest BCUT2D eigenvalue weighted by Gasteiger charge is 2.13. The van der Waals surface area contributed by atoms with Crippen molar-refractivity contribution >= 4 is 28.9 Å². The smallest absolute Gasteiger partial charge is 0.512 e. The van der Waals surface area contributed by atoms with Gasteiger partial charge < -0.3 is 14.7 Å². The standard InChI is InChI=1S/C14H11BO3.FH/c16-15(17)18-14-7-3-6-12-8-10-4-1-2-5-11(10)9-13(12)14;/h1-9,16-17H;1H. The van der Waals surface area contributed by atoms with Gasteiger partial charge in [0.2, 0.25) is 0 Å². The van der Waals surface area contributed by atoms with Gasteiger partial charge in [-0.3, -0.25) is 4.70 Å². The second kappa shape index (κ2) is 5.26. The highest BCUT2D eigenvalue weighted by molar-refractivity contribution is 6.34. The van der Waals surface area contributed by atoms with Crippen LogP contribution in [0.4, 0.5) is 4.70 Å². The summed E-state index contributed by atoms with van der Waals surface area (Å²) >= 11 is 0. The van der Waals surface area contributed by atoms with E-state index in [-0.39, 0.29) is 4.70 Å². The van der Waals surface area contributed by atoms with Gasteiger partial charge in [-0.15, -0.1) is 0 Å². The van der Waals surface area contributed by atoms with E-state index in [1.165, 1.54) is 0 Å². The van der Waals surface area contributed by atoms with Crippen LogP contribution in [-0.2, 0) is 0 Å². The van der Waals surface area contributed by atoms with Crippen molar-refractivity contribution < 1.29 is 19.4 Å². The van der Waals surface area contributed by atoms with Crippen molar-refractivity contribution in [1.82, 2.24) is 0 Å². The first-order valence-corrected chi connectivity index (χ1v) is 5.68. The molecule has 3 aromatic carbocycles. The van der Waals surface area contributed by atoms with Crippen molar-refractivity contribution in [3.63, 3.8) is 0 Å². The van der Waals surface area contributed by atoms with Crippen LogP contribution in [0.25, 0.3) is 21.5 Å². The molecule has 0 unspecified atom stereocenters. The van der Waals surface area contributed by atoms with Gasteiger partial charge in [0.15, 0.2) is 0 Å². The van der Waals surface area contributed by atoms with Crippen LogP contribution in [-0.4, -0.2) is 17.4 Å². The zero-order valence-corrected chi connectivity index (χ0v) is 9.98. The molecule has 3 rings (SSSR count). The maximum Gasteiger partial charge on any atom is 0.707 e. The number of fused-ring (bicyclic) bond motifs is 2. The summed E-state index contributed by atoms with van der Waals surface area (Å²) in [5.41, 5.74) is 0. The summed E-state index contributed by atoms with van der Waals surface area (Å²) in [5.74, 6) is 0.466. The third-order valence-corrected chi connectivity index (χ3v) is 2.94. The van der Waals surface area contributed by atoms with E-state index < -0.39 is 7.32 Å². The van der Waals surface area contributed by atoms with Gasteiger partial charge in [0.05, 0.1) is 0 Å². The highest BCUT2D eigenvalue weighted by atomic mass is 19.0. The van der Waals surface area contributed by atoms with E-state index in [1.807, 2.05) is 42.5 Å². The topological polar surface area (TPSA) is 49.7 Å². The molecule has 0 fully saturated rings. The van der Waals surface area contributed by atoms with Gasteiger partial charge in [-0.05, 0) is 34.4 Å². The molecule has 0 aliphatic heterocycles. The van der Waals surface area contributed by atoms with Crippen LogP contribution in [0.3, 0.4) is 0 Å². The number of rotatable bonds is 2. The van der Waals surface area contributed by atoms with E-state index >= 15 is 0 Å². The normalized spacial score (nSPS) is 10.2. The van der Waals surface area contributed by atoms with Gasteiger partial charge in [0.1, 0.15) is 5.75 Å². The van der Waals surface area contributed by atoms with E-state index in [4.69, 9.17) is 14.7 Å². The molecular formula is C14H12BFO3. The molecule has 0 atom stereocenters. The maximum absolute atomic E-state index is 8.91.